The van der Waals surface area contributed by atoms with Crippen LogP contribution in [0.4, 0.5) is 5.82 Å². The molecule has 1 atom stereocenters. The first-order valence-corrected chi connectivity index (χ1v) is 6.22. The van der Waals surface area contributed by atoms with Crippen molar-refractivity contribution in [2.24, 2.45) is 5.73 Å². The zero-order valence-electron chi connectivity index (χ0n) is 10.6. The van der Waals surface area contributed by atoms with Gasteiger partial charge in [-0.1, -0.05) is 0 Å². The molecule has 4 nitrogen and oxygen atoms in total. The molecule has 1 unspecified atom stereocenters. The van der Waals surface area contributed by atoms with Gasteiger partial charge in [0, 0.05) is 30.9 Å². The molecule has 0 radical (unpaired) electrons. The Morgan fingerprint density at radius 1 is 1.53 bits per heavy atom. The predicted octanol–water partition coefficient (Wildman–Crippen LogP) is 1.12. The molecular weight excluding hydrogens is 214 g/mol. The minimum absolute atomic E-state index is 0.239. The molecule has 1 aromatic rings. The normalized spacial score (nSPS) is 20.7. The lowest BCUT2D eigenvalue weighted by Crippen LogP contribution is -2.39. The number of pyridine rings is 1. The van der Waals surface area contributed by atoms with Crippen molar-refractivity contribution in [1.29, 1.82) is 0 Å². The monoisotopic (exact) mass is 235 g/mol. The number of aliphatic hydroxyl groups excluding tert-OH is 1. The molecule has 3 N–H and O–H groups in total. The summed E-state index contributed by atoms with van der Waals surface area (Å²) in [5, 5.41) is 9.74. The topological polar surface area (TPSA) is 62.4 Å². The zero-order valence-corrected chi connectivity index (χ0v) is 10.6. The minimum atomic E-state index is -0.239. The Kier molecular flexibility index (Phi) is 3.64. The highest BCUT2D eigenvalue weighted by Gasteiger charge is 2.21. The standard InChI is InChI=1S/C13H21N3O/c1-9-6-10(2)15-13(12(9)7-14)16-5-3-4-11(17)8-16/h6,11,17H,3-5,7-8,14H2,1-2H3. The van der Waals surface area contributed by atoms with Gasteiger partial charge in [0.25, 0.3) is 0 Å². The molecule has 1 saturated heterocycles. The molecule has 94 valence electrons. The fraction of sp³-hybridized carbons (Fsp3) is 0.615. The predicted molar refractivity (Wildman–Crippen MR) is 69.1 cm³/mol. The maximum absolute atomic E-state index is 9.74. The van der Waals surface area contributed by atoms with Gasteiger partial charge in [0.05, 0.1) is 6.10 Å². The first-order valence-electron chi connectivity index (χ1n) is 6.22. The lowest BCUT2D eigenvalue weighted by atomic mass is 10.0. The molecule has 2 heterocycles. The SMILES string of the molecule is Cc1cc(C)c(CN)c(N2CCCC(O)C2)n1. The van der Waals surface area contributed by atoms with Crippen LogP contribution < -0.4 is 10.6 Å². The van der Waals surface area contributed by atoms with Crippen LogP contribution in [0.1, 0.15) is 29.7 Å². The third-order valence-electron chi connectivity index (χ3n) is 3.35. The fourth-order valence-electron chi connectivity index (χ4n) is 2.50. The average molecular weight is 235 g/mol. The van der Waals surface area contributed by atoms with Gasteiger partial charge in [0.1, 0.15) is 5.82 Å². The Hall–Kier alpha value is -1.13. The van der Waals surface area contributed by atoms with Crippen LogP contribution >= 0.6 is 0 Å². The van der Waals surface area contributed by atoms with Gasteiger partial charge in [-0.2, -0.15) is 0 Å². The Morgan fingerprint density at radius 3 is 2.94 bits per heavy atom. The lowest BCUT2D eigenvalue weighted by molar-refractivity contribution is 0.153. The highest BCUT2D eigenvalue weighted by atomic mass is 16.3. The van der Waals surface area contributed by atoms with E-state index in [1.165, 1.54) is 5.56 Å². The molecule has 0 aromatic carbocycles. The summed E-state index contributed by atoms with van der Waals surface area (Å²) in [6, 6.07) is 2.06. The summed E-state index contributed by atoms with van der Waals surface area (Å²) in [7, 11) is 0. The number of rotatable bonds is 2. The van der Waals surface area contributed by atoms with Gasteiger partial charge >= 0.3 is 0 Å². The van der Waals surface area contributed by atoms with E-state index >= 15 is 0 Å². The zero-order chi connectivity index (χ0) is 12.4. The molecular formula is C13H21N3O. The Balaban J connectivity index is 2.35. The van der Waals surface area contributed by atoms with Gasteiger partial charge in [0.15, 0.2) is 0 Å². The van der Waals surface area contributed by atoms with Crippen molar-refractivity contribution in [2.75, 3.05) is 18.0 Å². The molecule has 1 fully saturated rings. The van der Waals surface area contributed by atoms with Crippen molar-refractivity contribution in [3.63, 3.8) is 0 Å². The van der Waals surface area contributed by atoms with E-state index in [1.54, 1.807) is 0 Å². The summed E-state index contributed by atoms with van der Waals surface area (Å²) < 4.78 is 0. The summed E-state index contributed by atoms with van der Waals surface area (Å²) in [4.78, 5) is 6.76. The van der Waals surface area contributed by atoms with Crippen molar-refractivity contribution >= 4 is 5.82 Å². The quantitative estimate of drug-likeness (QED) is 0.806. The molecule has 2 rings (SSSR count). The van der Waals surface area contributed by atoms with E-state index in [-0.39, 0.29) is 6.10 Å². The number of hydrogen-bond donors (Lipinski definition) is 2. The van der Waals surface area contributed by atoms with E-state index in [0.29, 0.717) is 13.1 Å². The van der Waals surface area contributed by atoms with E-state index in [9.17, 15) is 5.11 Å². The summed E-state index contributed by atoms with van der Waals surface area (Å²) >= 11 is 0. The van der Waals surface area contributed by atoms with E-state index in [0.717, 1.165) is 36.5 Å². The van der Waals surface area contributed by atoms with Crippen LogP contribution in [0.25, 0.3) is 0 Å². The van der Waals surface area contributed by atoms with E-state index in [2.05, 4.69) is 22.9 Å². The number of nitrogens with zero attached hydrogens (tertiary/aromatic N) is 2. The number of anilines is 1. The van der Waals surface area contributed by atoms with Gasteiger partial charge in [-0.25, -0.2) is 4.98 Å². The second-order valence-corrected chi connectivity index (χ2v) is 4.83. The van der Waals surface area contributed by atoms with Crippen molar-refractivity contribution < 1.29 is 5.11 Å². The second-order valence-electron chi connectivity index (χ2n) is 4.83. The average Bonchev–Trinajstić information content (AvgIpc) is 2.28. The van der Waals surface area contributed by atoms with Crippen LogP contribution in [-0.4, -0.2) is 29.3 Å². The van der Waals surface area contributed by atoms with Gasteiger partial charge in [-0.05, 0) is 38.3 Å². The van der Waals surface area contributed by atoms with Crippen molar-refractivity contribution in [3.05, 3.63) is 22.9 Å². The van der Waals surface area contributed by atoms with E-state index in [4.69, 9.17) is 5.73 Å². The van der Waals surface area contributed by atoms with Gasteiger partial charge < -0.3 is 15.7 Å². The van der Waals surface area contributed by atoms with Crippen LogP contribution in [0.3, 0.4) is 0 Å². The number of hydrogen-bond acceptors (Lipinski definition) is 4. The Bertz CT molecular complexity index is 406. The molecule has 4 heteroatoms. The Morgan fingerprint density at radius 2 is 2.29 bits per heavy atom. The molecule has 0 aliphatic carbocycles. The van der Waals surface area contributed by atoms with Crippen LogP contribution in [0.2, 0.25) is 0 Å². The number of aliphatic hydroxyl groups is 1. The van der Waals surface area contributed by atoms with E-state index < -0.39 is 0 Å². The summed E-state index contributed by atoms with van der Waals surface area (Å²) in [6.07, 6.45) is 1.66. The fourth-order valence-corrected chi connectivity index (χ4v) is 2.50. The number of aromatic nitrogens is 1. The van der Waals surface area contributed by atoms with Crippen molar-refractivity contribution in [3.8, 4) is 0 Å². The Labute approximate surface area is 102 Å². The highest BCUT2D eigenvalue weighted by Crippen LogP contribution is 2.25. The number of piperidine rings is 1. The van der Waals surface area contributed by atoms with E-state index in [1.807, 2.05) is 6.92 Å². The molecule has 0 spiro atoms. The number of aryl methyl sites for hydroxylation is 2. The van der Waals surface area contributed by atoms with Crippen molar-refractivity contribution in [2.45, 2.75) is 39.3 Å². The molecule has 1 aromatic heterocycles. The summed E-state index contributed by atoms with van der Waals surface area (Å²) in [5.74, 6) is 0.962. The molecule has 17 heavy (non-hydrogen) atoms. The molecule has 0 saturated carbocycles. The third kappa shape index (κ3) is 2.58. The second kappa shape index (κ2) is 5.02. The number of nitrogens with two attached hydrogens (primary N) is 1. The highest BCUT2D eigenvalue weighted by molar-refractivity contribution is 5.52. The third-order valence-corrected chi connectivity index (χ3v) is 3.35. The van der Waals surface area contributed by atoms with Gasteiger partial charge in [0.2, 0.25) is 0 Å². The number of β-amino-alcohol motifs (C(OH)–C–C–N with tert-alkyl or cyclic N) is 1. The van der Waals surface area contributed by atoms with Crippen LogP contribution in [0.15, 0.2) is 6.07 Å². The van der Waals surface area contributed by atoms with Crippen LogP contribution in [0.5, 0.6) is 0 Å². The van der Waals surface area contributed by atoms with Crippen molar-refractivity contribution in [1.82, 2.24) is 4.98 Å². The first-order chi connectivity index (χ1) is 8.11. The summed E-state index contributed by atoms with van der Waals surface area (Å²) in [6.45, 7) is 6.20. The summed E-state index contributed by atoms with van der Waals surface area (Å²) in [5.41, 5.74) is 9.11. The minimum Gasteiger partial charge on any atom is -0.391 e. The molecule has 1 aliphatic heterocycles. The lowest BCUT2D eigenvalue weighted by Gasteiger charge is -2.33. The smallest absolute Gasteiger partial charge is 0.133 e. The van der Waals surface area contributed by atoms with Gasteiger partial charge in [-0.3, -0.25) is 0 Å². The maximum Gasteiger partial charge on any atom is 0.133 e. The maximum atomic E-state index is 9.74. The van der Waals surface area contributed by atoms with Gasteiger partial charge in [-0.15, -0.1) is 0 Å². The van der Waals surface area contributed by atoms with Crippen LogP contribution in [0, 0.1) is 13.8 Å². The molecule has 0 amide bonds. The molecule has 0 bridgehead atoms. The largest absolute Gasteiger partial charge is 0.391 e. The molecule has 1 aliphatic rings. The van der Waals surface area contributed by atoms with Crippen LogP contribution in [-0.2, 0) is 6.54 Å². The first kappa shape index (κ1) is 12.3.